The molecule has 0 saturated carbocycles. The summed E-state index contributed by atoms with van der Waals surface area (Å²) in [7, 11) is 1.26. The Morgan fingerprint density at radius 2 is 2.06 bits per heavy atom. The maximum atomic E-state index is 13.2. The smallest absolute Gasteiger partial charge is 0.379 e. The monoisotopic (exact) mass is 232 g/mol. The summed E-state index contributed by atoms with van der Waals surface area (Å²) in [4.78, 5) is 10.4. The first-order valence-electron chi connectivity index (χ1n) is 4.32. The molecule has 0 aliphatic heterocycles. The van der Waals surface area contributed by atoms with Gasteiger partial charge in [-0.1, -0.05) is 0 Å². The summed E-state index contributed by atoms with van der Waals surface area (Å²) in [6.45, 7) is -0.472. The van der Waals surface area contributed by atoms with E-state index in [2.05, 4.69) is 0 Å². The summed E-state index contributed by atoms with van der Waals surface area (Å²) in [6, 6.07) is 3.20. The molecule has 0 heterocycles. The second-order valence-corrected chi connectivity index (χ2v) is 3.11. The van der Waals surface area contributed by atoms with Crippen molar-refractivity contribution in [2.24, 2.45) is 0 Å². The van der Waals surface area contributed by atoms with Gasteiger partial charge < -0.3 is 14.9 Å². The zero-order valence-corrected chi connectivity index (χ0v) is 8.41. The molecule has 0 spiro atoms. The number of methoxy groups -OCH3 is 1. The molecule has 6 heteroatoms. The second-order valence-electron chi connectivity index (χ2n) is 3.11. The molecule has 0 radical (unpaired) electrons. The number of aliphatic hydroxyl groups is 1. The highest BCUT2D eigenvalue weighted by Gasteiger charge is 2.41. The molecule has 0 aromatic heterocycles. The zero-order chi connectivity index (χ0) is 12.3. The predicted octanol–water partition coefficient (Wildman–Crippen LogP) is 1.36. The lowest BCUT2D eigenvalue weighted by Crippen LogP contribution is -2.25. The summed E-state index contributed by atoms with van der Waals surface area (Å²) in [6.07, 6.45) is 0. The molecule has 0 fully saturated rings. The van der Waals surface area contributed by atoms with E-state index in [-0.39, 0.29) is 11.3 Å². The maximum Gasteiger partial charge on any atom is 0.379 e. The molecule has 0 atom stereocenters. The molecule has 0 amide bonds. The van der Waals surface area contributed by atoms with Gasteiger partial charge in [0.05, 0.1) is 13.7 Å². The number of carbonyl (C=O) groups is 1. The van der Waals surface area contributed by atoms with E-state index < -0.39 is 24.1 Å². The molecule has 0 bridgehead atoms. The molecule has 0 aliphatic carbocycles. The highest BCUT2D eigenvalue weighted by atomic mass is 19.3. The number of rotatable bonds is 4. The molecular formula is C10H10F2O4. The van der Waals surface area contributed by atoms with Gasteiger partial charge in [0.1, 0.15) is 5.75 Å². The lowest BCUT2D eigenvalue weighted by Gasteiger charge is -2.13. The fraction of sp³-hybridized carbons (Fsp3) is 0.300. The SMILES string of the molecule is COc1cc(CO)cc(C(F)(F)C(=O)O)c1. The summed E-state index contributed by atoms with van der Waals surface area (Å²) in [5.74, 6) is -6.18. The average molecular weight is 232 g/mol. The lowest BCUT2D eigenvalue weighted by molar-refractivity contribution is -0.166. The van der Waals surface area contributed by atoms with Gasteiger partial charge in [-0.2, -0.15) is 8.78 Å². The molecule has 1 rings (SSSR count). The molecule has 16 heavy (non-hydrogen) atoms. The number of carboxylic acid groups (broad SMARTS) is 1. The normalized spacial score (nSPS) is 11.2. The third kappa shape index (κ3) is 2.27. The molecule has 1 aromatic carbocycles. The van der Waals surface area contributed by atoms with Crippen LogP contribution in [-0.4, -0.2) is 23.3 Å². The van der Waals surface area contributed by atoms with Gasteiger partial charge in [-0.15, -0.1) is 0 Å². The van der Waals surface area contributed by atoms with E-state index in [1.807, 2.05) is 0 Å². The Kier molecular flexibility index (Phi) is 3.44. The number of carboxylic acids is 1. The van der Waals surface area contributed by atoms with Crippen LogP contribution in [0.2, 0.25) is 0 Å². The van der Waals surface area contributed by atoms with Crippen LogP contribution in [0.1, 0.15) is 11.1 Å². The number of benzene rings is 1. The number of aliphatic hydroxyl groups excluding tert-OH is 1. The van der Waals surface area contributed by atoms with E-state index in [4.69, 9.17) is 14.9 Å². The molecule has 88 valence electrons. The third-order valence-corrected chi connectivity index (χ3v) is 2.02. The summed E-state index contributed by atoms with van der Waals surface area (Å²) in [5, 5.41) is 17.2. The van der Waals surface area contributed by atoms with Crippen molar-refractivity contribution in [2.75, 3.05) is 7.11 Å². The van der Waals surface area contributed by atoms with E-state index in [1.54, 1.807) is 0 Å². The zero-order valence-electron chi connectivity index (χ0n) is 8.41. The Morgan fingerprint density at radius 3 is 2.50 bits per heavy atom. The van der Waals surface area contributed by atoms with Gasteiger partial charge in [-0.05, 0) is 23.8 Å². The molecule has 4 nitrogen and oxygen atoms in total. The van der Waals surface area contributed by atoms with Gasteiger partial charge in [0.25, 0.3) is 0 Å². The van der Waals surface area contributed by atoms with Crippen molar-refractivity contribution >= 4 is 5.97 Å². The topological polar surface area (TPSA) is 66.8 Å². The summed E-state index contributed by atoms with van der Waals surface area (Å²) in [5.41, 5.74) is -0.557. The van der Waals surface area contributed by atoms with E-state index in [0.29, 0.717) is 0 Å². The Labute approximate surface area is 90.1 Å². The Hall–Kier alpha value is -1.69. The third-order valence-electron chi connectivity index (χ3n) is 2.02. The van der Waals surface area contributed by atoms with Gasteiger partial charge in [-0.25, -0.2) is 4.79 Å². The fourth-order valence-electron chi connectivity index (χ4n) is 1.17. The van der Waals surface area contributed by atoms with Crippen LogP contribution < -0.4 is 4.74 Å². The number of ether oxygens (including phenoxy) is 1. The van der Waals surface area contributed by atoms with Crippen LogP contribution in [0, 0.1) is 0 Å². The highest BCUT2D eigenvalue weighted by molar-refractivity contribution is 5.77. The van der Waals surface area contributed by atoms with E-state index >= 15 is 0 Å². The fourth-order valence-corrected chi connectivity index (χ4v) is 1.17. The van der Waals surface area contributed by atoms with Crippen molar-refractivity contribution in [3.8, 4) is 5.75 Å². The Bertz CT molecular complexity index is 382. The number of aliphatic carboxylic acids is 1. The molecule has 0 unspecified atom stereocenters. The van der Waals surface area contributed by atoms with E-state index in [9.17, 15) is 13.6 Å². The quantitative estimate of drug-likeness (QED) is 0.822. The minimum Gasteiger partial charge on any atom is -0.497 e. The van der Waals surface area contributed by atoms with Crippen LogP contribution in [0.25, 0.3) is 0 Å². The van der Waals surface area contributed by atoms with Crippen LogP contribution in [0.5, 0.6) is 5.75 Å². The van der Waals surface area contributed by atoms with E-state index in [1.165, 1.54) is 13.2 Å². The average Bonchev–Trinajstić information content (AvgIpc) is 2.27. The van der Waals surface area contributed by atoms with Crippen molar-refractivity contribution < 1.29 is 28.5 Å². The number of alkyl halides is 2. The summed E-state index contributed by atoms with van der Waals surface area (Å²) < 4.78 is 31.1. The predicted molar refractivity (Wildman–Crippen MR) is 50.4 cm³/mol. The minimum absolute atomic E-state index is 0.0717. The molecule has 2 N–H and O–H groups in total. The van der Waals surface area contributed by atoms with Gasteiger partial charge in [-0.3, -0.25) is 0 Å². The van der Waals surface area contributed by atoms with Gasteiger partial charge >= 0.3 is 11.9 Å². The minimum atomic E-state index is -4.00. The van der Waals surface area contributed by atoms with Crippen molar-refractivity contribution in [3.05, 3.63) is 29.3 Å². The summed E-state index contributed by atoms with van der Waals surface area (Å²) >= 11 is 0. The largest absolute Gasteiger partial charge is 0.497 e. The lowest BCUT2D eigenvalue weighted by atomic mass is 10.0. The number of hydrogen-bond donors (Lipinski definition) is 2. The van der Waals surface area contributed by atoms with E-state index in [0.717, 1.165) is 12.1 Å². The van der Waals surface area contributed by atoms with Gasteiger partial charge in [0, 0.05) is 5.56 Å². The second kappa shape index (κ2) is 4.44. The molecule has 1 aromatic rings. The first-order chi connectivity index (χ1) is 7.41. The Morgan fingerprint density at radius 1 is 1.44 bits per heavy atom. The van der Waals surface area contributed by atoms with Crippen molar-refractivity contribution in [2.45, 2.75) is 12.5 Å². The van der Waals surface area contributed by atoms with Gasteiger partial charge in [0.2, 0.25) is 0 Å². The maximum absolute atomic E-state index is 13.2. The number of hydrogen-bond acceptors (Lipinski definition) is 3. The van der Waals surface area contributed by atoms with Crippen LogP contribution in [-0.2, 0) is 17.3 Å². The van der Waals surface area contributed by atoms with Crippen molar-refractivity contribution in [3.63, 3.8) is 0 Å². The van der Waals surface area contributed by atoms with Crippen molar-refractivity contribution in [1.29, 1.82) is 0 Å². The van der Waals surface area contributed by atoms with Crippen LogP contribution >= 0.6 is 0 Å². The van der Waals surface area contributed by atoms with Crippen LogP contribution in [0.15, 0.2) is 18.2 Å². The molecule has 0 aliphatic rings. The van der Waals surface area contributed by atoms with Gasteiger partial charge in [0.15, 0.2) is 0 Å². The van der Waals surface area contributed by atoms with Crippen molar-refractivity contribution in [1.82, 2.24) is 0 Å². The van der Waals surface area contributed by atoms with Crippen LogP contribution in [0.3, 0.4) is 0 Å². The first-order valence-corrected chi connectivity index (χ1v) is 4.32. The standard InChI is InChI=1S/C10H10F2O4/c1-16-8-3-6(5-13)2-7(4-8)10(11,12)9(14)15/h2-4,13H,5H2,1H3,(H,14,15). The highest BCUT2D eigenvalue weighted by Crippen LogP contribution is 2.31. The Balaban J connectivity index is 3.27. The van der Waals surface area contributed by atoms with Crippen LogP contribution in [0.4, 0.5) is 8.78 Å². The molecule has 0 saturated heterocycles. The molecular weight excluding hydrogens is 222 g/mol. The number of halogens is 2. The first kappa shape index (κ1) is 12.4.